The lowest BCUT2D eigenvalue weighted by atomic mass is 9.87. The van der Waals surface area contributed by atoms with Crippen LogP contribution in [-0.4, -0.2) is 36.9 Å². The highest BCUT2D eigenvalue weighted by Gasteiger charge is 2.34. The number of carboxylic acid groups (broad SMARTS) is 1. The SMILES string of the molecule is CC(C)(C)c1ccc(S(=O)(=O)N2CCCC(c3c(C(=O)O)sc4ccccc34)C2)cc1. The molecule has 164 valence electrons. The zero-order valence-corrected chi connectivity index (χ0v) is 19.6. The Hall–Kier alpha value is -2.22. The summed E-state index contributed by atoms with van der Waals surface area (Å²) in [5, 5.41) is 10.7. The van der Waals surface area contributed by atoms with Crippen LogP contribution in [0.2, 0.25) is 0 Å². The van der Waals surface area contributed by atoms with Crippen LogP contribution in [0, 0.1) is 0 Å². The summed E-state index contributed by atoms with van der Waals surface area (Å²) in [5.74, 6) is -1.09. The molecule has 0 spiro atoms. The summed E-state index contributed by atoms with van der Waals surface area (Å²) in [5.41, 5.74) is 1.81. The van der Waals surface area contributed by atoms with Crippen molar-refractivity contribution in [3.63, 3.8) is 0 Å². The van der Waals surface area contributed by atoms with E-state index < -0.39 is 16.0 Å². The van der Waals surface area contributed by atoms with Gasteiger partial charge in [-0.1, -0.05) is 51.1 Å². The maximum Gasteiger partial charge on any atom is 0.346 e. The van der Waals surface area contributed by atoms with Gasteiger partial charge in [-0.05, 0) is 53.0 Å². The Morgan fingerprint density at radius 1 is 1.10 bits per heavy atom. The first kappa shape index (κ1) is 22.0. The number of carbonyl (C=O) groups is 1. The molecule has 1 aliphatic rings. The Morgan fingerprint density at radius 2 is 1.77 bits per heavy atom. The number of nitrogens with zero attached hydrogens (tertiary/aromatic N) is 1. The molecule has 7 heteroatoms. The largest absolute Gasteiger partial charge is 0.477 e. The van der Waals surface area contributed by atoms with Crippen molar-refractivity contribution in [2.45, 2.75) is 49.8 Å². The molecule has 2 heterocycles. The van der Waals surface area contributed by atoms with Crippen molar-refractivity contribution >= 4 is 37.4 Å². The molecule has 0 radical (unpaired) electrons. The van der Waals surface area contributed by atoms with E-state index >= 15 is 0 Å². The smallest absolute Gasteiger partial charge is 0.346 e. The second-order valence-electron chi connectivity index (χ2n) is 9.12. The first-order valence-corrected chi connectivity index (χ1v) is 12.7. The van der Waals surface area contributed by atoms with E-state index in [0.29, 0.717) is 24.4 Å². The Balaban J connectivity index is 1.67. The van der Waals surface area contributed by atoms with Crippen LogP contribution in [0.15, 0.2) is 53.4 Å². The minimum atomic E-state index is -3.65. The third kappa shape index (κ3) is 4.14. The molecule has 4 rings (SSSR count). The van der Waals surface area contributed by atoms with Crippen molar-refractivity contribution in [1.29, 1.82) is 0 Å². The van der Waals surface area contributed by atoms with Crippen LogP contribution in [0.4, 0.5) is 0 Å². The fourth-order valence-corrected chi connectivity index (χ4v) is 6.95. The van der Waals surface area contributed by atoms with Gasteiger partial charge in [-0.15, -0.1) is 11.3 Å². The van der Waals surface area contributed by atoms with E-state index in [4.69, 9.17) is 0 Å². The highest BCUT2D eigenvalue weighted by molar-refractivity contribution is 7.89. The highest BCUT2D eigenvalue weighted by Crippen LogP contribution is 2.40. The van der Waals surface area contributed by atoms with Crippen molar-refractivity contribution in [1.82, 2.24) is 4.31 Å². The summed E-state index contributed by atoms with van der Waals surface area (Å²) in [6.07, 6.45) is 1.48. The number of hydrogen-bond acceptors (Lipinski definition) is 4. The van der Waals surface area contributed by atoms with Gasteiger partial charge in [0.25, 0.3) is 0 Å². The summed E-state index contributed by atoms with van der Waals surface area (Å²) in [6.45, 7) is 7.03. The highest BCUT2D eigenvalue weighted by atomic mass is 32.2. The van der Waals surface area contributed by atoms with Crippen molar-refractivity contribution in [3.8, 4) is 0 Å². The monoisotopic (exact) mass is 457 g/mol. The van der Waals surface area contributed by atoms with E-state index in [1.807, 2.05) is 36.4 Å². The maximum atomic E-state index is 13.4. The van der Waals surface area contributed by atoms with Gasteiger partial charge in [0, 0.05) is 23.7 Å². The van der Waals surface area contributed by atoms with E-state index in [1.54, 1.807) is 12.1 Å². The van der Waals surface area contributed by atoms with E-state index in [9.17, 15) is 18.3 Å². The molecule has 0 amide bonds. The van der Waals surface area contributed by atoms with E-state index in [2.05, 4.69) is 20.8 Å². The van der Waals surface area contributed by atoms with E-state index in [0.717, 1.165) is 27.6 Å². The fourth-order valence-electron chi connectivity index (χ4n) is 4.30. The van der Waals surface area contributed by atoms with Gasteiger partial charge in [-0.3, -0.25) is 0 Å². The number of fused-ring (bicyclic) bond motifs is 1. The maximum absolute atomic E-state index is 13.4. The number of aromatic carboxylic acids is 1. The van der Waals surface area contributed by atoms with Gasteiger partial charge in [-0.2, -0.15) is 4.31 Å². The second kappa shape index (κ2) is 8.04. The normalized spacial score (nSPS) is 18.4. The summed E-state index contributed by atoms with van der Waals surface area (Å²) < 4.78 is 29.2. The Labute approximate surface area is 187 Å². The molecule has 1 unspecified atom stereocenters. The molecule has 1 fully saturated rings. The quantitative estimate of drug-likeness (QED) is 0.564. The summed E-state index contributed by atoms with van der Waals surface area (Å²) in [6, 6.07) is 14.8. The van der Waals surface area contributed by atoms with Gasteiger partial charge in [0.1, 0.15) is 4.88 Å². The van der Waals surface area contributed by atoms with Gasteiger partial charge in [-0.25, -0.2) is 13.2 Å². The molecule has 5 nitrogen and oxygen atoms in total. The number of rotatable bonds is 4. The topological polar surface area (TPSA) is 74.7 Å². The minimum Gasteiger partial charge on any atom is -0.477 e. The number of hydrogen-bond donors (Lipinski definition) is 1. The van der Waals surface area contributed by atoms with Gasteiger partial charge in [0.05, 0.1) is 4.90 Å². The second-order valence-corrected chi connectivity index (χ2v) is 12.1. The molecule has 1 aromatic heterocycles. The number of piperidine rings is 1. The zero-order valence-electron chi connectivity index (χ0n) is 18.0. The molecule has 1 N–H and O–H groups in total. The third-order valence-corrected chi connectivity index (χ3v) is 9.03. The first-order chi connectivity index (χ1) is 14.6. The molecular formula is C24H27NO4S2. The lowest BCUT2D eigenvalue weighted by molar-refractivity contribution is 0.0700. The molecule has 0 saturated carbocycles. The molecule has 3 aromatic rings. The standard InChI is InChI=1S/C24H27NO4S2/c1-24(2,3)17-10-12-18(13-11-17)31(28,29)25-14-6-7-16(15-25)21-19-8-4-5-9-20(19)30-22(21)23(26)27/h4-5,8-13,16H,6-7,14-15H2,1-3H3,(H,26,27). The number of thiophene rings is 1. The first-order valence-electron chi connectivity index (χ1n) is 10.4. The van der Waals surface area contributed by atoms with Crippen molar-refractivity contribution in [2.24, 2.45) is 0 Å². The number of benzene rings is 2. The number of carboxylic acids is 1. The van der Waals surface area contributed by atoms with Crippen LogP contribution in [0.25, 0.3) is 10.1 Å². The van der Waals surface area contributed by atoms with Crippen LogP contribution < -0.4 is 0 Å². The van der Waals surface area contributed by atoms with Crippen LogP contribution in [-0.2, 0) is 15.4 Å². The summed E-state index contributed by atoms with van der Waals surface area (Å²) in [7, 11) is -3.65. The average Bonchev–Trinajstić information content (AvgIpc) is 3.13. The van der Waals surface area contributed by atoms with Crippen molar-refractivity contribution in [2.75, 3.05) is 13.1 Å². The van der Waals surface area contributed by atoms with Crippen molar-refractivity contribution in [3.05, 3.63) is 64.5 Å². The molecule has 1 atom stereocenters. The molecule has 1 saturated heterocycles. The summed E-state index contributed by atoms with van der Waals surface area (Å²) >= 11 is 1.27. The van der Waals surface area contributed by atoms with Crippen LogP contribution in [0.3, 0.4) is 0 Å². The molecule has 31 heavy (non-hydrogen) atoms. The Bertz CT molecular complexity index is 1220. The Morgan fingerprint density at radius 3 is 2.42 bits per heavy atom. The number of sulfonamides is 1. The predicted octanol–water partition coefficient (Wildman–Crippen LogP) is 5.47. The van der Waals surface area contributed by atoms with Gasteiger partial charge >= 0.3 is 5.97 Å². The molecule has 0 aliphatic carbocycles. The van der Waals surface area contributed by atoms with Gasteiger partial charge < -0.3 is 5.11 Å². The molecule has 1 aliphatic heterocycles. The lowest BCUT2D eigenvalue weighted by Crippen LogP contribution is -2.39. The molecule has 2 aromatic carbocycles. The fraction of sp³-hybridized carbons (Fsp3) is 0.375. The Kier molecular flexibility index (Phi) is 5.70. The molecular weight excluding hydrogens is 430 g/mol. The predicted molar refractivity (Wildman–Crippen MR) is 125 cm³/mol. The minimum absolute atomic E-state index is 0.0499. The zero-order chi connectivity index (χ0) is 22.4. The third-order valence-electron chi connectivity index (χ3n) is 5.98. The van der Waals surface area contributed by atoms with Gasteiger partial charge in [0.2, 0.25) is 10.0 Å². The molecule has 0 bridgehead atoms. The van der Waals surface area contributed by atoms with Gasteiger partial charge in [0.15, 0.2) is 0 Å². The van der Waals surface area contributed by atoms with Crippen LogP contribution in [0.5, 0.6) is 0 Å². The van der Waals surface area contributed by atoms with Crippen LogP contribution in [0.1, 0.15) is 60.3 Å². The lowest BCUT2D eigenvalue weighted by Gasteiger charge is -2.32. The van der Waals surface area contributed by atoms with E-state index in [-0.39, 0.29) is 16.2 Å². The van der Waals surface area contributed by atoms with E-state index in [1.165, 1.54) is 15.6 Å². The van der Waals surface area contributed by atoms with Crippen molar-refractivity contribution < 1.29 is 18.3 Å². The van der Waals surface area contributed by atoms with Crippen LogP contribution >= 0.6 is 11.3 Å². The summed E-state index contributed by atoms with van der Waals surface area (Å²) in [4.78, 5) is 12.5. The average molecular weight is 458 g/mol.